The molecule has 90 valence electrons. The van der Waals surface area contributed by atoms with E-state index in [9.17, 15) is 5.11 Å². The quantitative estimate of drug-likeness (QED) is 0.612. The van der Waals surface area contributed by atoms with Crippen molar-refractivity contribution in [3.63, 3.8) is 0 Å². The fourth-order valence-corrected chi connectivity index (χ4v) is 2.03. The van der Waals surface area contributed by atoms with Gasteiger partial charge in [-0.3, -0.25) is 0 Å². The van der Waals surface area contributed by atoms with E-state index in [1.807, 2.05) is 0 Å². The molecule has 1 unspecified atom stereocenters. The molecule has 0 saturated heterocycles. The summed E-state index contributed by atoms with van der Waals surface area (Å²) in [5.74, 6) is 0. The molecule has 1 rings (SSSR count). The third kappa shape index (κ3) is 4.36. The second kappa shape index (κ2) is 5.49. The number of allylic oxidation sites excluding steroid dienone is 4. The van der Waals surface area contributed by atoms with E-state index < -0.39 is 0 Å². The van der Waals surface area contributed by atoms with Gasteiger partial charge in [0.1, 0.15) is 0 Å². The van der Waals surface area contributed by atoms with Gasteiger partial charge in [-0.15, -0.1) is 0 Å². The van der Waals surface area contributed by atoms with E-state index in [0.717, 1.165) is 31.3 Å². The number of rotatable bonds is 0. The van der Waals surface area contributed by atoms with Crippen LogP contribution in [0.3, 0.4) is 0 Å². The number of hydrogen-bond acceptors (Lipinski definition) is 1. The molecule has 0 aromatic rings. The Kier molecular flexibility index (Phi) is 4.55. The zero-order valence-electron chi connectivity index (χ0n) is 10.8. The standard InChI is InChI=1S/C15H24O/c1-12-7-5-9-13(2)14(16)11-15(3,4)10-6-8-12/h6-7,10,14,16H,2,5,8-9,11H2,1,3-4H3/b10-6-,12-7+. The minimum atomic E-state index is -0.369. The third-order valence-corrected chi connectivity index (χ3v) is 3.16. The molecule has 0 heterocycles. The zero-order chi connectivity index (χ0) is 12.2. The summed E-state index contributed by atoms with van der Waals surface area (Å²) in [6.07, 6.45) is 9.99. The normalized spacial score (nSPS) is 32.4. The maximum Gasteiger partial charge on any atom is 0.0755 e. The van der Waals surface area contributed by atoms with Gasteiger partial charge >= 0.3 is 0 Å². The summed E-state index contributed by atoms with van der Waals surface area (Å²) < 4.78 is 0. The van der Waals surface area contributed by atoms with Crippen LogP contribution in [0.5, 0.6) is 0 Å². The number of aliphatic hydroxyl groups is 1. The molecule has 1 nitrogen and oxygen atoms in total. The third-order valence-electron chi connectivity index (χ3n) is 3.16. The first-order valence-corrected chi connectivity index (χ1v) is 6.10. The van der Waals surface area contributed by atoms with Gasteiger partial charge in [0.15, 0.2) is 0 Å². The Morgan fingerprint density at radius 3 is 2.81 bits per heavy atom. The molecule has 0 fully saturated rings. The first-order chi connectivity index (χ1) is 7.41. The van der Waals surface area contributed by atoms with Gasteiger partial charge in [-0.25, -0.2) is 0 Å². The van der Waals surface area contributed by atoms with Crippen LogP contribution in [0, 0.1) is 5.41 Å². The molecule has 1 aliphatic rings. The van der Waals surface area contributed by atoms with Crippen LogP contribution in [0.1, 0.15) is 46.5 Å². The molecule has 0 aliphatic heterocycles. The molecule has 0 amide bonds. The molecule has 0 radical (unpaired) electrons. The molecule has 0 aromatic carbocycles. The van der Waals surface area contributed by atoms with Crippen molar-refractivity contribution < 1.29 is 5.11 Å². The van der Waals surface area contributed by atoms with Crippen LogP contribution < -0.4 is 0 Å². The van der Waals surface area contributed by atoms with Gasteiger partial charge in [-0.1, -0.05) is 44.2 Å². The highest BCUT2D eigenvalue weighted by atomic mass is 16.3. The molecule has 0 spiro atoms. The van der Waals surface area contributed by atoms with Crippen LogP contribution in [-0.2, 0) is 0 Å². The highest BCUT2D eigenvalue weighted by Crippen LogP contribution is 2.28. The van der Waals surface area contributed by atoms with Crippen molar-refractivity contribution in [2.45, 2.75) is 52.6 Å². The summed E-state index contributed by atoms with van der Waals surface area (Å²) in [6, 6.07) is 0. The van der Waals surface area contributed by atoms with E-state index in [1.54, 1.807) is 0 Å². The lowest BCUT2D eigenvalue weighted by molar-refractivity contribution is 0.160. The summed E-state index contributed by atoms with van der Waals surface area (Å²) in [5.41, 5.74) is 2.41. The molecule has 1 atom stereocenters. The molecular formula is C15H24O. The Hall–Kier alpha value is -0.820. The molecule has 0 aromatic heterocycles. The van der Waals surface area contributed by atoms with E-state index in [0.29, 0.717) is 0 Å². The van der Waals surface area contributed by atoms with Crippen LogP contribution in [-0.4, -0.2) is 11.2 Å². The van der Waals surface area contributed by atoms with Crippen LogP contribution in [0.15, 0.2) is 36.0 Å². The van der Waals surface area contributed by atoms with Crippen molar-refractivity contribution in [3.8, 4) is 0 Å². The molecule has 0 bridgehead atoms. The van der Waals surface area contributed by atoms with Crippen LogP contribution in [0.25, 0.3) is 0 Å². The SMILES string of the molecule is C=C1CC/C=C(\C)C/C=C\C(C)(C)CC1O. The van der Waals surface area contributed by atoms with E-state index in [4.69, 9.17) is 0 Å². The molecule has 0 saturated carbocycles. The van der Waals surface area contributed by atoms with Gasteiger partial charge in [0.2, 0.25) is 0 Å². The molecule has 16 heavy (non-hydrogen) atoms. The Morgan fingerprint density at radius 1 is 1.44 bits per heavy atom. The second-order valence-electron chi connectivity index (χ2n) is 5.56. The predicted octanol–water partition coefficient (Wildman–Crippen LogP) is 4.01. The van der Waals surface area contributed by atoms with Gasteiger partial charge in [-0.05, 0) is 43.6 Å². The Labute approximate surface area is 99.6 Å². The van der Waals surface area contributed by atoms with E-state index in [-0.39, 0.29) is 11.5 Å². The smallest absolute Gasteiger partial charge is 0.0755 e. The van der Waals surface area contributed by atoms with Crippen molar-refractivity contribution in [1.29, 1.82) is 0 Å². The maximum atomic E-state index is 10.0. The van der Waals surface area contributed by atoms with E-state index in [2.05, 4.69) is 45.6 Å². The summed E-state index contributed by atoms with van der Waals surface area (Å²) in [5, 5.41) is 10.0. The summed E-state index contributed by atoms with van der Waals surface area (Å²) in [4.78, 5) is 0. The summed E-state index contributed by atoms with van der Waals surface area (Å²) in [7, 11) is 0. The molecule has 1 heteroatoms. The molecule has 1 aliphatic carbocycles. The predicted molar refractivity (Wildman–Crippen MR) is 70.3 cm³/mol. The highest BCUT2D eigenvalue weighted by Gasteiger charge is 2.20. The fourth-order valence-electron chi connectivity index (χ4n) is 2.03. The maximum absolute atomic E-state index is 10.0. The minimum absolute atomic E-state index is 0.0486. The Bertz CT molecular complexity index is 307. The van der Waals surface area contributed by atoms with Gasteiger partial charge in [0.05, 0.1) is 6.10 Å². The highest BCUT2D eigenvalue weighted by molar-refractivity contribution is 5.12. The van der Waals surface area contributed by atoms with Crippen molar-refractivity contribution in [3.05, 3.63) is 36.0 Å². The van der Waals surface area contributed by atoms with Crippen LogP contribution in [0.4, 0.5) is 0 Å². The van der Waals surface area contributed by atoms with Crippen molar-refractivity contribution >= 4 is 0 Å². The lowest BCUT2D eigenvalue weighted by atomic mass is 9.84. The fraction of sp³-hybridized carbons (Fsp3) is 0.600. The Morgan fingerprint density at radius 2 is 2.12 bits per heavy atom. The van der Waals surface area contributed by atoms with Crippen molar-refractivity contribution in [2.75, 3.05) is 0 Å². The first-order valence-electron chi connectivity index (χ1n) is 6.10. The average molecular weight is 220 g/mol. The summed E-state index contributed by atoms with van der Waals surface area (Å²) in [6.45, 7) is 10.5. The zero-order valence-corrected chi connectivity index (χ0v) is 10.8. The van der Waals surface area contributed by atoms with E-state index in [1.165, 1.54) is 5.57 Å². The van der Waals surface area contributed by atoms with Gasteiger partial charge in [0.25, 0.3) is 0 Å². The van der Waals surface area contributed by atoms with Crippen molar-refractivity contribution in [2.24, 2.45) is 5.41 Å². The largest absolute Gasteiger partial charge is 0.389 e. The lowest BCUT2D eigenvalue weighted by Gasteiger charge is -2.24. The second-order valence-corrected chi connectivity index (χ2v) is 5.56. The first kappa shape index (κ1) is 13.2. The Balaban J connectivity index is 2.82. The van der Waals surface area contributed by atoms with Crippen LogP contribution in [0.2, 0.25) is 0 Å². The van der Waals surface area contributed by atoms with E-state index >= 15 is 0 Å². The number of aliphatic hydroxyl groups excluding tert-OH is 1. The molecule has 1 N–H and O–H groups in total. The van der Waals surface area contributed by atoms with Crippen LogP contribution >= 0.6 is 0 Å². The van der Waals surface area contributed by atoms with Gasteiger partial charge in [0, 0.05) is 0 Å². The minimum Gasteiger partial charge on any atom is -0.389 e. The van der Waals surface area contributed by atoms with Crippen molar-refractivity contribution in [1.82, 2.24) is 0 Å². The lowest BCUT2D eigenvalue weighted by Crippen LogP contribution is -2.20. The van der Waals surface area contributed by atoms with Gasteiger partial charge in [-0.2, -0.15) is 0 Å². The summed E-state index contributed by atoms with van der Waals surface area (Å²) >= 11 is 0. The average Bonchev–Trinajstić information content (AvgIpc) is 2.16. The van der Waals surface area contributed by atoms with Gasteiger partial charge < -0.3 is 5.11 Å². The number of hydrogen-bond donors (Lipinski definition) is 1. The monoisotopic (exact) mass is 220 g/mol. The molecular weight excluding hydrogens is 196 g/mol. The topological polar surface area (TPSA) is 20.2 Å².